The molecule has 0 bridgehead atoms. The Balaban J connectivity index is 1.59. The Morgan fingerprint density at radius 3 is 3.06 bits per heavy atom. The minimum absolute atomic E-state index is 0.216. The van der Waals surface area contributed by atoms with Gasteiger partial charge in [-0.3, -0.25) is 4.79 Å². The Labute approximate surface area is 101 Å². The fourth-order valence-electron chi connectivity index (χ4n) is 2.35. The number of carbonyl (C=O) groups excluding carboxylic acids is 1. The number of carbonyl (C=O) groups is 1. The van der Waals surface area contributed by atoms with Crippen LogP contribution in [0.1, 0.15) is 30.4 Å². The number of fused-ring (bicyclic) bond motifs is 1. The van der Waals surface area contributed by atoms with Crippen molar-refractivity contribution in [3.63, 3.8) is 0 Å². The van der Waals surface area contributed by atoms with Gasteiger partial charge in [0.05, 0.1) is 6.61 Å². The van der Waals surface area contributed by atoms with E-state index < -0.39 is 0 Å². The van der Waals surface area contributed by atoms with E-state index in [2.05, 4.69) is 11.4 Å². The van der Waals surface area contributed by atoms with Crippen LogP contribution in [0.5, 0.6) is 5.75 Å². The molecule has 2 aliphatic rings. The van der Waals surface area contributed by atoms with Crippen LogP contribution in [0, 0.1) is 5.92 Å². The second-order valence-electron chi connectivity index (χ2n) is 4.89. The van der Waals surface area contributed by atoms with Crippen molar-refractivity contribution in [2.75, 3.05) is 6.61 Å². The summed E-state index contributed by atoms with van der Waals surface area (Å²) in [6.07, 6.45) is 4.31. The predicted molar refractivity (Wildman–Crippen MR) is 64.8 cm³/mol. The third-order valence-electron chi connectivity index (χ3n) is 3.70. The van der Waals surface area contributed by atoms with Gasteiger partial charge in [0.25, 0.3) is 0 Å². The summed E-state index contributed by atoms with van der Waals surface area (Å²) in [6, 6.07) is 6.18. The summed E-state index contributed by atoms with van der Waals surface area (Å²) in [5.41, 5.74) is 2.43. The predicted octanol–water partition coefficient (Wildman–Crippen LogP) is 2.04. The van der Waals surface area contributed by atoms with Crippen LogP contribution in [0.25, 0.3) is 0 Å². The zero-order valence-electron chi connectivity index (χ0n) is 9.87. The van der Waals surface area contributed by atoms with E-state index in [0.717, 1.165) is 31.6 Å². The number of amides is 1. The van der Waals surface area contributed by atoms with Gasteiger partial charge in [-0.15, -0.1) is 0 Å². The Kier molecular flexibility index (Phi) is 2.75. The zero-order chi connectivity index (χ0) is 11.7. The largest absolute Gasteiger partial charge is 0.493 e. The topological polar surface area (TPSA) is 38.3 Å². The van der Waals surface area contributed by atoms with Crippen molar-refractivity contribution in [1.29, 1.82) is 0 Å². The normalized spacial score (nSPS) is 18.1. The Hall–Kier alpha value is -1.51. The van der Waals surface area contributed by atoms with Crippen molar-refractivity contribution < 1.29 is 9.53 Å². The molecular formula is C14H17NO2. The molecule has 1 aliphatic carbocycles. The highest BCUT2D eigenvalue weighted by atomic mass is 16.5. The summed E-state index contributed by atoms with van der Waals surface area (Å²) in [5, 5.41) is 3.01. The number of nitrogens with one attached hydrogen (secondary N) is 1. The molecular weight excluding hydrogens is 214 g/mol. The fraction of sp³-hybridized carbons (Fsp3) is 0.500. The van der Waals surface area contributed by atoms with Crippen LogP contribution < -0.4 is 10.1 Å². The van der Waals surface area contributed by atoms with Crippen LogP contribution in [0.3, 0.4) is 0 Å². The third-order valence-corrected chi connectivity index (χ3v) is 3.70. The number of hydrogen-bond donors (Lipinski definition) is 1. The number of rotatable bonds is 3. The highest BCUT2D eigenvalue weighted by molar-refractivity contribution is 5.79. The summed E-state index contributed by atoms with van der Waals surface area (Å²) >= 11 is 0. The molecule has 1 saturated carbocycles. The lowest BCUT2D eigenvalue weighted by atomic mass is 9.85. The lowest BCUT2D eigenvalue weighted by Gasteiger charge is -2.24. The van der Waals surface area contributed by atoms with Gasteiger partial charge < -0.3 is 10.1 Å². The quantitative estimate of drug-likeness (QED) is 0.864. The van der Waals surface area contributed by atoms with Crippen molar-refractivity contribution >= 4 is 5.91 Å². The van der Waals surface area contributed by atoms with E-state index in [-0.39, 0.29) is 11.8 Å². The number of ether oxygens (including phenoxy) is 1. The van der Waals surface area contributed by atoms with Crippen LogP contribution in [-0.2, 0) is 17.8 Å². The van der Waals surface area contributed by atoms with Gasteiger partial charge in [0, 0.05) is 18.9 Å². The summed E-state index contributed by atoms with van der Waals surface area (Å²) in [4.78, 5) is 11.7. The third kappa shape index (κ3) is 2.14. The van der Waals surface area contributed by atoms with Gasteiger partial charge >= 0.3 is 0 Å². The van der Waals surface area contributed by atoms with Crippen LogP contribution in [0.2, 0.25) is 0 Å². The summed E-state index contributed by atoms with van der Waals surface area (Å²) in [6.45, 7) is 1.43. The fourth-order valence-corrected chi connectivity index (χ4v) is 2.35. The Bertz CT molecular complexity index is 438. The maximum Gasteiger partial charge on any atom is 0.223 e. The van der Waals surface area contributed by atoms with E-state index >= 15 is 0 Å². The van der Waals surface area contributed by atoms with E-state index in [9.17, 15) is 4.79 Å². The standard InChI is InChI=1S/C14H17NO2/c16-14(11-2-1-3-11)15-9-10-4-5-13-12(8-10)6-7-17-13/h4-5,8,11H,1-3,6-7,9H2,(H,15,16). The van der Waals surface area contributed by atoms with Crippen molar-refractivity contribution in [2.24, 2.45) is 5.92 Å². The maximum absolute atomic E-state index is 11.7. The molecule has 0 unspecified atom stereocenters. The minimum atomic E-state index is 0.216. The minimum Gasteiger partial charge on any atom is -0.493 e. The van der Waals surface area contributed by atoms with Gasteiger partial charge in [-0.25, -0.2) is 0 Å². The number of benzene rings is 1. The van der Waals surface area contributed by atoms with Gasteiger partial charge in [-0.2, -0.15) is 0 Å². The Morgan fingerprint density at radius 1 is 1.41 bits per heavy atom. The highest BCUT2D eigenvalue weighted by Crippen LogP contribution is 2.27. The molecule has 0 radical (unpaired) electrons. The molecule has 1 fully saturated rings. The molecule has 17 heavy (non-hydrogen) atoms. The summed E-state index contributed by atoms with van der Waals surface area (Å²) in [5.74, 6) is 1.49. The number of hydrogen-bond acceptors (Lipinski definition) is 2. The first-order chi connectivity index (χ1) is 8.33. The lowest BCUT2D eigenvalue weighted by molar-refractivity contribution is -0.127. The average Bonchev–Trinajstić information content (AvgIpc) is 2.71. The van der Waals surface area contributed by atoms with E-state index in [1.54, 1.807) is 0 Å². The molecule has 1 aliphatic heterocycles. The lowest BCUT2D eigenvalue weighted by Crippen LogP contribution is -2.33. The van der Waals surface area contributed by atoms with Gasteiger partial charge in [0.15, 0.2) is 0 Å². The summed E-state index contributed by atoms with van der Waals surface area (Å²) < 4.78 is 5.46. The van der Waals surface area contributed by atoms with Crippen LogP contribution in [0.4, 0.5) is 0 Å². The maximum atomic E-state index is 11.7. The van der Waals surface area contributed by atoms with Gasteiger partial charge in [0.1, 0.15) is 5.75 Å². The van der Waals surface area contributed by atoms with Gasteiger partial charge in [-0.1, -0.05) is 18.6 Å². The first-order valence-electron chi connectivity index (χ1n) is 6.35. The first-order valence-corrected chi connectivity index (χ1v) is 6.35. The smallest absolute Gasteiger partial charge is 0.223 e. The monoisotopic (exact) mass is 231 g/mol. The molecule has 1 N–H and O–H groups in total. The molecule has 1 amide bonds. The van der Waals surface area contributed by atoms with Crippen molar-refractivity contribution in [1.82, 2.24) is 5.32 Å². The average molecular weight is 231 g/mol. The van der Waals surface area contributed by atoms with Crippen molar-refractivity contribution in [3.8, 4) is 5.75 Å². The summed E-state index contributed by atoms with van der Waals surface area (Å²) in [7, 11) is 0. The van der Waals surface area contributed by atoms with Gasteiger partial charge in [0.2, 0.25) is 5.91 Å². The molecule has 0 spiro atoms. The van der Waals surface area contributed by atoms with Crippen LogP contribution in [0.15, 0.2) is 18.2 Å². The molecule has 3 rings (SSSR count). The van der Waals surface area contributed by atoms with Gasteiger partial charge in [-0.05, 0) is 30.0 Å². The second-order valence-corrected chi connectivity index (χ2v) is 4.89. The SMILES string of the molecule is O=C(NCc1ccc2c(c1)CCO2)C1CCC1. The van der Waals surface area contributed by atoms with Crippen LogP contribution in [-0.4, -0.2) is 12.5 Å². The molecule has 0 saturated heterocycles. The first kappa shape index (κ1) is 10.6. The second kappa shape index (κ2) is 4.40. The molecule has 1 aromatic rings. The van der Waals surface area contributed by atoms with Crippen LogP contribution >= 0.6 is 0 Å². The van der Waals surface area contributed by atoms with Crippen molar-refractivity contribution in [2.45, 2.75) is 32.2 Å². The Morgan fingerprint density at radius 2 is 2.29 bits per heavy atom. The molecule has 1 aromatic carbocycles. The molecule has 3 nitrogen and oxygen atoms in total. The van der Waals surface area contributed by atoms with E-state index in [4.69, 9.17) is 4.74 Å². The molecule has 90 valence electrons. The molecule has 0 atom stereocenters. The van der Waals surface area contributed by atoms with E-state index in [1.807, 2.05) is 12.1 Å². The van der Waals surface area contributed by atoms with E-state index in [1.165, 1.54) is 17.5 Å². The zero-order valence-corrected chi connectivity index (χ0v) is 9.87. The van der Waals surface area contributed by atoms with E-state index in [0.29, 0.717) is 6.54 Å². The molecule has 0 aromatic heterocycles. The molecule has 1 heterocycles. The highest BCUT2D eigenvalue weighted by Gasteiger charge is 2.24. The van der Waals surface area contributed by atoms with Crippen molar-refractivity contribution in [3.05, 3.63) is 29.3 Å². The molecule has 3 heteroatoms.